The van der Waals surface area contributed by atoms with Crippen molar-refractivity contribution in [3.05, 3.63) is 182 Å². The molecule has 6 aromatic rings. The zero-order chi connectivity index (χ0) is 31.9. The van der Waals surface area contributed by atoms with Gasteiger partial charge in [-0.3, -0.25) is 0 Å². The maximum Gasteiger partial charge on any atom is 0.102 e. The molecular weight excluding hydrogens is 789 g/mol. The van der Waals surface area contributed by atoms with E-state index in [0.717, 1.165) is 0 Å². The van der Waals surface area contributed by atoms with E-state index in [1.807, 2.05) is 0 Å². The normalized spacial score (nSPS) is 10.8. The molecule has 6 rings (SSSR count). The molecule has 0 atom stereocenters. The standard InChI is InChI=1S/2C18H15P.C2F4.Pt/c2*1-4-10-16(11-5-1)19(17-12-6-2-7-13-17)18-14-8-3-9-15-18;3-1-2(4,5)6;/h2*1-15H;;/p+2. The van der Waals surface area contributed by atoms with Gasteiger partial charge in [0.1, 0.15) is 31.8 Å². The molecule has 0 N–H and O–H groups in total. The summed E-state index contributed by atoms with van der Waals surface area (Å²) in [5, 5.41) is 8.61. The molecule has 0 amide bonds. The summed E-state index contributed by atoms with van der Waals surface area (Å²) in [5.74, 6) is 0. The van der Waals surface area contributed by atoms with Gasteiger partial charge in [0, 0.05) is 0 Å². The average Bonchev–Trinajstić information content (AvgIpc) is 3.08. The Hall–Kier alpha value is -3.54. The van der Waals surface area contributed by atoms with Gasteiger partial charge in [0.25, 0.3) is 0 Å². The fraction of sp³-hybridized carbons (Fsp3) is 0.0263. The zero-order valence-electron chi connectivity index (χ0n) is 24.1. The van der Waals surface area contributed by atoms with Gasteiger partial charge >= 0.3 is 47.2 Å². The van der Waals surface area contributed by atoms with Crippen LogP contribution in [0.3, 0.4) is 0 Å². The Kier molecular flexibility index (Phi) is 13.6. The van der Waals surface area contributed by atoms with Gasteiger partial charge in [-0.15, -0.1) is 0 Å². The summed E-state index contributed by atoms with van der Waals surface area (Å²) in [6.45, 7) is 0. The summed E-state index contributed by atoms with van der Waals surface area (Å²) in [6.07, 6.45) is -4.76. The van der Waals surface area contributed by atoms with Crippen LogP contribution in [0.15, 0.2) is 182 Å². The van der Waals surface area contributed by atoms with Crippen LogP contribution in [0.25, 0.3) is 0 Å². The second-order valence-corrected chi connectivity index (χ2v) is 15.6. The molecule has 0 unspecified atom stereocenters. The smallest absolute Gasteiger partial charge is 0.0620 e. The van der Waals surface area contributed by atoms with E-state index < -0.39 is 26.2 Å². The van der Waals surface area contributed by atoms with Gasteiger partial charge in [-0.25, -0.2) is 0 Å². The molecule has 0 aromatic heterocycles. The molecule has 230 valence electrons. The third-order valence-electron chi connectivity index (χ3n) is 6.57. The van der Waals surface area contributed by atoms with Crippen molar-refractivity contribution in [2.24, 2.45) is 0 Å². The van der Waals surface area contributed by atoms with Gasteiger partial charge in [-0.05, 0) is 72.8 Å². The van der Waals surface area contributed by atoms with E-state index in [1.54, 1.807) is 0 Å². The number of rotatable bonds is 6. The molecular formula is C38H32F4P2Pt+2. The number of hydrogen-bond donors (Lipinski definition) is 0. The molecule has 7 heteroatoms. The third kappa shape index (κ3) is 10.8. The van der Waals surface area contributed by atoms with E-state index >= 15 is 0 Å². The van der Waals surface area contributed by atoms with Crippen molar-refractivity contribution in [2.45, 2.75) is 6.18 Å². The van der Waals surface area contributed by atoms with Crippen molar-refractivity contribution in [3.8, 4) is 0 Å². The quantitative estimate of drug-likeness (QED) is 0.120. The van der Waals surface area contributed by atoms with Gasteiger partial charge in [0.2, 0.25) is 0 Å². The minimum absolute atomic E-state index is 0.559. The SMILES string of the molecule is F[C](=[Pt])C(F)(F)F.c1ccc([PH+](c2ccccc2)c2ccccc2)cc1.c1ccc([PH+](c2ccccc2)c2ccccc2)cc1. The number of halogens is 4. The van der Waals surface area contributed by atoms with Crippen LogP contribution in [0.1, 0.15) is 0 Å². The van der Waals surface area contributed by atoms with Crippen molar-refractivity contribution >= 4 is 51.8 Å². The fourth-order valence-electron chi connectivity index (χ4n) is 4.63. The largest absolute Gasteiger partial charge is 0.102 e. The zero-order valence-corrected chi connectivity index (χ0v) is 28.4. The van der Waals surface area contributed by atoms with Crippen LogP contribution in [0.4, 0.5) is 17.6 Å². The number of hydrogen-bond acceptors (Lipinski definition) is 0. The molecule has 45 heavy (non-hydrogen) atoms. The Morgan fingerprint density at radius 3 is 0.600 bits per heavy atom. The van der Waals surface area contributed by atoms with Gasteiger partial charge in [-0.1, -0.05) is 109 Å². The fourth-order valence-corrected chi connectivity index (χ4v) is 9.78. The predicted octanol–water partition coefficient (Wildman–Crippen LogP) is 7.55. The molecule has 0 nitrogen and oxygen atoms in total. The minimum atomic E-state index is -4.76. The summed E-state index contributed by atoms with van der Waals surface area (Å²) in [6, 6.07) is 65.0. The molecule has 0 spiro atoms. The first-order valence-corrected chi connectivity index (χ1v) is 18.3. The van der Waals surface area contributed by atoms with Crippen molar-refractivity contribution in [1.82, 2.24) is 0 Å². The summed E-state index contributed by atoms with van der Waals surface area (Å²) < 4.78 is 41.2. The van der Waals surface area contributed by atoms with Crippen molar-refractivity contribution in [2.75, 3.05) is 0 Å². The van der Waals surface area contributed by atoms with E-state index in [4.69, 9.17) is 0 Å². The first kappa shape index (κ1) is 34.3. The van der Waals surface area contributed by atoms with Gasteiger partial charge in [0.15, 0.2) is 0 Å². The summed E-state index contributed by atoms with van der Waals surface area (Å²) in [4.78, 5) is 0. The Bertz CT molecular complexity index is 1380. The van der Waals surface area contributed by atoms with Gasteiger partial charge < -0.3 is 0 Å². The summed E-state index contributed by atoms with van der Waals surface area (Å²) in [5.41, 5.74) is 0. The molecule has 0 radical (unpaired) electrons. The van der Waals surface area contributed by atoms with Crippen LogP contribution in [-0.4, -0.2) is 10.3 Å². The molecule has 0 aliphatic heterocycles. The van der Waals surface area contributed by atoms with E-state index in [0.29, 0.717) is 19.4 Å². The van der Waals surface area contributed by atoms with Crippen molar-refractivity contribution in [1.29, 1.82) is 0 Å². The molecule has 0 heterocycles. The Balaban J connectivity index is 0.000000170. The molecule has 0 bridgehead atoms. The molecule has 0 fully saturated rings. The summed E-state index contributed by atoms with van der Waals surface area (Å²) >= 11 is 0.559. The average molecular weight is 822 g/mol. The molecule has 0 saturated heterocycles. The monoisotopic (exact) mass is 821 g/mol. The molecule has 6 aromatic carbocycles. The Morgan fingerprint density at radius 2 is 0.489 bits per heavy atom. The van der Waals surface area contributed by atoms with Crippen LogP contribution in [0.5, 0.6) is 0 Å². The number of benzene rings is 6. The molecule has 0 aliphatic carbocycles. The minimum Gasteiger partial charge on any atom is -0.0620 e. The second-order valence-electron chi connectivity index (χ2n) is 9.68. The van der Waals surface area contributed by atoms with E-state index in [1.165, 1.54) is 31.8 Å². The molecule has 0 aliphatic rings. The van der Waals surface area contributed by atoms with E-state index in [-0.39, 0.29) is 0 Å². The van der Waals surface area contributed by atoms with Crippen LogP contribution in [0.2, 0.25) is 0 Å². The Labute approximate surface area is 275 Å². The molecule has 0 saturated carbocycles. The van der Waals surface area contributed by atoms with E-state index in [9.17, 15) is 17.6 Å². The maximum atomic E-state index is 11.0. The van der Waals surface area contributed by atoms with E-state index in [2.05, 4.69) is 182 Å². The summed E-state index contributed by atoms with van der Waals surface area (Å²) in [7, 11) is -1.75. The van der Waals surface area contributed by atoms with Crippen molar-refractivity contribution < 1.29 is 36.9 Å². The van der Waals surface area contributed by atoms with Crippen LogP contribution in [0, 0.1) is 0 Å². The van der Waals surface area contributed by atoms with Crippen LogP contribution < -0.4 is 31.8 Å². The maximum absolute atomic E-state index is 11.0. The van der Waals surface area contributed by atoms with Crippen LogP contribution in [-0.2, 0) is 19.4 Å². The third-order valence-corrected chi connectivity index (χ3v) is 12.7. The van der Waals surface area contributed by atoms with Gasteiger partial charge in [0.05, 0.1) is 15.8 Å². The predicted molar refractivity (Wildman–Crippen MR) is 185 cm³/mol. The van der Waals surface area contributed by atoms with Crippen LogP contribution >= 0.6 is 15.8 Å². The Morgan fingerprint density at radius 1 is 0.356 bits per heavy atom. The van der Waals surface area contributed by atoms with Gasteiger partial charge in [-0.2, -0.15) is 0 Å². The second kappa shape index (κ2) is 17.8. The number of alkyl halides is 3. The first-order valence-electron chi connectivity index (χ1n) is 14.1. The van der Waals surface area contributed by atoms with Crippen molar-refractivity contribution in [3.63, 3.8) is 0 Å². The topological polar surface area (TPSA) is 0 Å². The first-order chi connectivity index (χ1) is 21.8.